The van der Waals surface area contributed by atoms with Crippen LogP contribution in [0.1, 0.15) is 11.4 Å². The Morgan fingerprint density at radius 2 is 2.11 bits per heavy atom. The number of nitrogens with zero attached hydrogens (tertiary/aromatic N) is 2. The summed E-state index contributed by atoms with van der Waals surface area (Å²) >= 11 is 10.7. The summed E-state index contributed by atoms with van der Waals surface area (Å²) in [6.07, 6.45) is 0. The lowest BCUT2D eigenvalue weighted by Crippen LogP contribution is -2.13. The minimum atomic E-state index is 0.195. The molecule has 0 saturated carbocycles. The van der Waals surface area contributed by atoms with Gasteiger partial charge in [0.1, 0.15) is 16.4 Å². The number of halogens is 1. The van der Waals surface area contributed by atoms with Gasteiger partial charge in [0.05, 0.1) is 0 Å². The summed E-state index contributed by atoms with van der Waals surface area (Å²) in [5, 5.41) is 0.578. The molecular weight excluding hydrogens is 270 g/mol. The molecule has 18 heavy (non-hydrogen) atoms. The van der Waals surface area contributed by atoms with E-state index in [2.05, 4.69) is 9.97 Å². The van der Waals surface area contributed by atoms with Crippen LogP contribution < -0.4 is 10.5 Å². The molecule has 1 aromatic heterocycles. The van der Waals surface area contributed by atoms with Crippen LogP contribution in [0.5, 0.6) is 11.8 Å². The van der Waals surface area contributed by atoms with E-state index in [9.17, 15) is 0 Å². The average Bonchev–Trinajstić information content (AvgIpc) is 2.28. The predicted molar refractivity (Wildman–Crippen MR) is 74.2 cm³/mol. The first-order chi connectivity index (χ1) is 8.54. The molecule has 0 spiro atoms. The normalized spacial score (nSPS) is 10.1. The van der Waals surface area contributed by atoms with Crippen molar-refractivity contribution in [3.63, 3.8) is 0 Å². The minimum Gasteiger partial charge on any atom is -0.424 e. The molecule has 1 heterocycles. The molecule has 0 radical (unpaired) electrons. The van der Waals surface area contributed by atoms with Crippen LogP contribution in [0.25, 0.3) is 0 Å². The monoisotopic (exact) mass is 279 g/mol. The van der Waals surface area contributed by atoms with Gasteiger partial charge < -0.3 is 10.5 Å². The van der Waals surface area contributed by atoms with Crippen molar-refractivity contribution < 1.29 is 4.74 Å². The quantitative estimate of drug-likeness (QED) is 0.876. The van der Waals surface area contributed by atoms with Gasteiger partial charge in [-0.05, 0) is 31.2 Å². The van der Waals surface area contributed by atoms with Gasteiger partial charge in [0, 0.05) is 10.7 Å². The number of aromatic nitrogens is 2. The molecule has 2 aromatic rings. The summed E-state index contributed by atoms with van der Waals surface area (Å²) in [6.45, 7) is 1.81. The molecule has 0 bridgehead atoms. The zero-order valence-electron chi connectivity index (χ0n) is 9.55. The van der Waals surface area contributed by atoms with Crippen LogP contribution in [-0.2, 0) is 0 Å². The van der Waals surface area contributed by atoms with Crippen molar-refractivity contribution in [2.45, 2.75) is 6.92 Å². The van der Waals surface area contributed by atoms with Crippen LogP contribution in [-0.4, -0.2) is 15.0 Å². The fraction of sp³-hybridized carbons (Fsp3) is 0.0833. The van der Waals surface area contributed by atoms with Crippen molar-refractivity contribution >= 4 is 28.8 Å². The summed E-state index contributed by atoms with van der Waals surface area (Å²) < 4.78 is 5.51. The molecule has 0 aliphatic carbocycles. The van der Waals surface area contributed by atoms with Crippen LogP contribution in [0.3, 0.4) is 0 Å². The molecular formula is C12H10ClN3OS. The van der Waals surface area contributed by atoms with Crippen molar-refractivity contribution in [1.82, 2.24) is 9.97 Å². The Hall–Kier alpha value is -1.72. The van der Waals surface area contributed by atoms with E-state index in [0.29, 0.717) is 16.5 Å². The molecule has 6 heteroatoms. The lowest BCUT2D eigenvalue weighted by Gasteiger charge is -2.06. The number of nitrogens with two attached hydrogens (primary N) is 1. The van der Waals surface area contributed by atoms with Crippen molar-refractivity contribution in [1.29, 1.82) is 0 Å². The van der Waals surface area contributed by atoms with Gasteiger partial charge in [-0.1, -0.05) is 29.9 Å². The summed E-state index contributed by atoms with van der Waals surface area (Å²) in [4.78, 5) is 8.47. The number of benzene rings is 1. The van der Waals surface area contributed by atoms with Crippen LogP contribution in [0.4, 0.5) is 0 Å². The number of ether oxygens (including phenoxy) is 1. The van der Waals surface area contributed by atoms with Gasteiger partial charge in [0.15, 0.2) is 0 Å². The third-order valence-electron chi connectivity index (χ3n) is 2.09. The van der Waals surface area contributed by atoms with Crippen molar-refractivity contribution in [3.05, 3.63) is 46.7 Å². The first-order valence-corrected chi connectivity index (χ1v) is 5.92. The summed E-state index contributed by atoms with van der Waals surface area (Å²) in [5.41, 5.74) is 6.74. The number of hydrogen-bond acceptors (Lipinski definition) is 4. The third-order valence-corrected chi connectivity index (χ3v) is 2.54. The standard InChI is InChI=1S/C12H10ClN3OS/c1-7-5-10(11(14)18)16-12(15-7)17-9-4-2-3-8(13)6-9/h2-6H,1H3,(H2,14,18). The Balaban J connectivity index is 2.31. The van der Waals surface area contributed by atoms with Gasteiger partial charge >= 0.3 is 6.01 Å². The fourth-order valence-electron chi connectivity index (χ4n) is 1.35. The third kappa shape index (κ3) is 3.15. The highest BCUT2D eigenvalue weighted by Gasteiger charge is 2.06. The minimum absolute atomic E-state index is 0.195. The zero-order chi connectivity index (χ0) is 13.1. The molecule has 0 unspecified atom stereocenters. The first-order valence-electron chi connectivity index (χ1n) is 5.13. The molecule has 0 aliphatic rings. The van der Waals surface area contributed by atoms with Crippen LogP contribution in [0.15, 0.2) is 30.3 Å². The Bertz CT molecular complexity index is 604. The van der Waals surface area contributed by atoms with E-state index >= 15 is 0 Å². The maximum atomic E-state index is 5.86. The molecule has 2 N–H and O–H groups in total. The number of thiocarbonyl (C=S) groups is 1. The fourth-order valence-corrected chi connectivity index (χ4v) is 1.63. The van der Waals surface area contributed by atoms with Gasteiger partial charge in [0.25, 0.3) is 0 Å². The molecule has 0 amide bonds. The molecule has 4 nitrogen and oxygen atoms in total. The summed E-state index contributed by atoms with van der Waals surface area (Å²) in [7, 11) is 0. The van der Waals surface area contributed by atoms with Crippen molar-refractivity contribution in [3.8, 4) is 11.8 Å². The van der Waals surface area contributed by atoms with Gasteiger partial charge in [0.2, 0.25) is 0 Å². The number of hydrogen-bond donors (Lipinski definition) is 1. The maximum Gasteiger partial charge on any atom is 0.322 e. The molecule has 0 fully saturated rings. The highest BCUT2D eigenvalue weighted by molar-refractivity contribution is 7.80. The van der Waals surface area contributed by atoms with Crippen LogP contribution >= 0.6 is 23.8 Å². The van der Waals surface area contributed by atoms with E-state index in [-0.39, 0.29) is 11.0 Å². The summed E-state index contributed by atoms with van der Waals surface area (Å²) in [6, 6.07) is 8.87. The molecule has 0 atom stereocenters. The van der Waals surface area contributed by atoms with Gasteiger partial charge in [-0.25, -0.2) is 4.98 Å². The number of rotatable bonds is 3. The van der Waals surface area contributed by atoms with Crippen LogP contribution in [0, 0.1) is 6.92 Å². The maximum absolute atomic E-state index is 5.86. The molecule has 92 valence electrons. The van der Waals surface area contributed by atoms with E-state index in [1.165, 1.54) is 0 Å². The van der Waals surface area contributed by atoms with E-state index in [4.69, 9.17) is 34.3 Å². The second-order valence-electron chi connectivity index (χ2n) is 3.60. The number of aryl methyl sites for hydroxylation is 1. The highest BCUT2D eigenvalue weighted by Crippen LogP contribution is 2.21. The summed E-state index contributed by atoms with van der Waals surface area (Å²) in [5.74, 6) is 0.557. The van der Waals surface area contributed by atoms with Gasteiger partial charge in [-0.2, -0.15) is 4.98 Å². The van der Waals surface area contributed by atoms with E-state index in [0.717, 1.165) is 5.69 Å². The predicted octanol–water partition coefficient (Wildman–Crippen LogP) is 2.86. The molecule has 2 rings (SSSR count). The Kier molecular flexibility index (Phi) is 3.74. The SMILES string of the molecule is Cc1cc(C(N)=S)nc(Oc2cccc(Cl)c2)n1. The van der Waals surface area contributed by atoms with Gasteiger partial charge in [-0.3, -0.25) is 0 Å². The average molecular weight is 280 g/mol. The zero-order valence-corrected chi connectivity index (χ0v) is 11.1. The molecule has 1 aromatic carbocycles. The Morgan fingerprint density at radius 3 is 2.78 bits per heavy atom. The largest absolute Gasteiger partial charge is 0.424 e. The van der Waals surface area contributed by atoms with Crippen LogP contribution in [0.2, 0.25) is 5.02 Å². The first kappa shape index (κ1) is 12.7. The van der Waals surface area contributed by atoms with E-state index in [1.807, 2.05) is 6.92 Å². The van der Waals surface area contributed by atoms with Crippen molar-refractivity contribution in [2.75, 3.05) is 0 Å². The second kappa shape index (κ2) is 5.29. The highest BCUT2D eigenvalue weighted by atomic mass is 35.5. The molecule has 0 aliphatic heterocycles. The van der Waals surface area contributed by atoms with E-state index < -0.39 is 0 Å². The lowest BCUT2D eigenvalue weighted by atomic mass is 10.3. The topological polar surface area (TPSA) is 61.0 Å². The van der Waals surface area contributed by atoms with E-state index in [1.54, 1.807) is 30.3 Å². The molecule has 0 saturated heterocycles. The van der Waals surface area contributed by atoms with Gasteiger partial charge in [-0.15, -0.1) is 0 Å². The van der Waals surface area contributed by atoms with Crippen molar-refractivity contribution in [2.24, 2.45) is 5.73 Å². The smallest absolute Gasteiger partial charge is 0.322 e. The second-order valence-corrected chi connectivity index (χ2v) is 4.48. The Labute approximate surface area is 115 Å². The Morgan fingerprint density at radius 1 is 1.33 bits per heavy atom. The lowest BCUT2D eigenvalue weighted by molar-refractivity contribution is 0.440.